The van der Waals surface area contributed by atoms with Crippen LogP contribution in [0.15, 0.2) is 11.6 Å². The molecule has 0 heterocycles. The fourth-order valence-corrected chi connectivity index (χ4v) is 8.83. The van der Waals surface area contributed by atoms with Crippen LogP contribution in [0.2, 0.25) is 0 Å². The minimum atomic E-state index is -1.45. The number of carbonyl (C=O) groups excluding carboxylic acids is 5. The first-order valence-electron chi connectivity index (χ1n) is 15.5. The van der Waals surface area contributed by atoms with E-state index in [2.05, 4.69) is 12.2 Å². The third-order valence-corrected chi connectivity index (χ3v) is 11.1. The van der Waals surface area contributed by atoms with E-state index in [0.29, 0.717) is 37.5 Å². The lowest BCUT2D eigenvalue weighted by atomic mass is 9.46. The highest BCUT2D eigenvalue weighted by atomic mass is 16.6. The first kappa shape index (κ1) is 33.3. The highest BCUT2D eigenvalue weighted by molar-refractivity contribution is 5.94. The van der Waals surface area contributed by atoms with Crippen molar-refractivity contribution in [3.63, 3.8) is 0 Å². The number of nitrogens with one attached hydrogen (secondary N) is 1. The van der Waals surface area contributed by atoms with Crippen molar-refractivity contribution in [3.05, 3.63) is 11.6 Å². The summed E-state index contributed by atoms with van der Waals surface area (Å²) in [6.45, 7) is 4.91. The smallest absolute Gasteiger partial charge is 0.326 e. The maximum atomic E-state index is 13.8. The second-order valence-corrected chi connectivity index (χ2v) is 13.4. The van der Waals surface area contributed by atoms with Crippen LogP contribution in [0, 0.1) is 28.6 Å². The van der Waals surface area contributed by atoms with Gasteiger partial charge < -0.3 is 25.0 Å². The number of Topliss-reactive ketones (excluding diaryl/α,β-unsaturated/α-hetero) is 1. The minimum Gasteiger partial charge on any atom is -0.481 e. The van der Waals surface area contributed by atoms with Gasteiger partial charge in [0.05, 0.1) is 6.42 Å². The van der Waals surface area contributed by atoms with Gasteiger partial charge in [0.1, 0.15) is 6.04 Å². The van der Waals surface area contributed by atoms with E-state index in [0.717, 1.165) is 25.7 Å². The zero-order valence-electron chi connectivity index (χ0n) is 25.6. The summed E-state index contributed by atoms with van der Waals surface area (Å²) in [5.74, 6) is -4.34. The number of esters is 2. The van der Waals surface area contributed by atoms with E-state index >= 15 is 0 Å². The van der Waals surface area contributed by atoms with Gasteiger partial charge in [-0.3, -0.25) is 28.8 Å². The molecule has 1 amide bonds. The molecule has 12 heteroatoms. The van der Waals surface area contributed by atoms with Crippen LogP contribution in [0.3, 0.4) is 0 Å². The van der Waals surface area contributed by atoms with Gasteiger partial charge >= 0.3 is 23.9 Å². The van der Waals surface area contributed by atoms with Gasteiger partial charge in [0.25, 0.3) is 0 Å². The summed E-state index contributed by atoms with van der Waals surface area (Å²) in [7, 11) is 0. The number of allylic oxidation sites excluding steroid dienone is 1. The predicted octanol–water partition coefficient (Wildman–Crippen LogP) is 3.15. The maximum Gasteiger partial charge on any atom is 0.326 e. The standard InChI is InChI=1S/C32H43NO11/c1-18(34)44-32(25(36)17-43-28(40)9-7-26(37)33-24(29(41)42)6-8-27(38)39)15-12-23-21-5-4-19-16-20(35)10-13-30(19,2)22(21)11-14-31(23,32)3/h16,21-24H,4-15,17H2,1-3H3,(H,33,37)(H,38,39)(H,41,42)/t21-,22+,23+,24+,30-,31-,32-/m0/s1. The first-order chi connectivity index (χ1) is 20.6. The van der Waals surface area contributed by atoms with Crippen molar-refractivity contribution in [1.29, 1.82) is 0 Å². The lowest BCUT2D eigenvalue weighted by Crippen LogP contribution is -2.59. The van der Waals surface area contributed by atoms with Gasteiger partial charge in [-0.25, -0.2) is 4.79 Å². The fraction of sp³-hybridized carbons (Fsp3) is 0.719. The number of hydrogen-bond acceptors (Lipinski definition) is 9. The Morgan fingerprint density at radius 1 is 0.955 bits per heavy atom. The van der Waals surface area contributed by atoms with Crippen LogP contribution in [0.4, 0.5) is 0 Å². The summed E-state index contributed by atoms with van der Waals surface area (Å²) in [6, 6.07) is -1.42. The third-order valence-electron chi connectivity index (χ3n) is 11.1. The van der Waals surface area contributed by atoms with Gasteiger partial charge in [-0.05, 0) is 80.6 Å². The van der Waals surface area contributed by atoms with Gasteiger partial charge in [0.15, 0.2) is 18.0 Å². The molecule has 0 aromatic carbocycles. The maximum absolute atomic E-state index is 13.8. The van der Waals surface area contributed by atoms with E-state index in [9.17, 15) is 38.7 Å². The molecule has 0 radical (unpaired) electrons. The molecule has 0 aliphatic heterocycles. The number of carboxylic acid groups (broad SMARTS) is 2. The molecular weight excluding hydrogens is 574 g/mol. The van der Waals surface area contributed by atoms with E-state index < -0.39 is 78.5 Å². The number of carbonyl (C=O) groups is 7. The summed E-state index contributed by atoms with van der Waals surface area (Å²) in [5, 5.41) is 20.2. The number of hydrogen-bond donors (Lipinski definition) is 3. The van der Waals surface area contributed by atoms with Crippen LogP contribution in [-0.4, -0.2) is 69.8 Å². The van der Waals surface area contributed by atoms with Gasteiger partial charge in [-0.2, -0.15) is 0 Å². The molecule has 0 saturated heterocycles. The van der Waals surface area contributed by atoms with E-state index in [-0.39, 0.29) is 23.5 Å². The highest BCUT2D eigenvalue weighted by Crippen LogP contribution is 2.68. The Kier molecular flexibility index (Phi) is 9.70. The summed E-state index contributed by atoms with van der Waals surface area (Å²) < 4.78 is 11.1. The van der Waals surface area contributed by atoms with E-state index in [1.807, 2.05) is 13.0 Å². The average Bonchev–Trinajstić information content (AvgIpc) is 3.25. The van der Waals surface area contributed by atoms with Crippen molar-refractivity contribution in [2.75, 3.05) is 6.61 Å². The van der Waals surface area contributed by atoms with E-state index in [1.165, 1.54) is 12.5 Å². The number of rotatable bonds is 12. The molecule has 0 unspecified atom stereocenters. The zero-order valence-corrected chi connectivity index (χ0v) is 25.6. The van der Waals surface area contributed by atoms with Crippen LogP contribution in [0.1, 0.15) is 97.8 Å². The Bertz CT molecular complexity index is 1270. The number of ketones is 2. The number of amides is 1. The first-order valence-corrected chi connectivity index (χ1v) is 15.5. The molecule has 4 aliphatic carbocycles. The summed E-state index contributed by atoms with van der Waals surface area (Å²) in [6.07, 6.45) is 5.82. The molecule has 4 rings (SSSR count). The molecule has 3 saturated carbocycles. The van der Waals surface area contributed by atoms with Crippen molar-refractivity contribution < 1.29 is 53.2 Å². The van der Waals surface area contributed by atoms with Gasteiger partial charge in [-0.1, -0.05) is 19.4 Å². The molecule has 12 nitrogen and oxygen atoms in total. The Labute approximate surface area is 256 Å². The molecule has 0 aromatic rings. The summed E-state index contributed by atoms with van der Waals surface area (Å²) in [5.41, 5.74) is -0.937. The average molecular weight is 618 g/mol. The molecule has 0 spiro atoms. The Hall–Kier alpha value is -3.57. The topological polar surface area (TPSA) is 190 Å². The van der Waals surface area contributed by atoms with Crippen LogP contribution in [0.5, 0.6) is 0 Å². The molecule has 7 atom stereocenters. The van der Waals surface area contributed by atoms with Gasteiger partial charge in [0, 0.05) is 31.6 Å². The third kappa shape index (κ3) is 6.30. The van der Waals surface area contributed by atoms with E-state index in [4.69, 9.17) is 14.6 Å². The van der Waals surface area contributed by atoms with Gasteiger partial charge in [0.2, 0.25) is 11.7 Å². The number of carboxylic acids is 2. The second kappa shape index (κ2) is 12.8. The Morgan fingerprint density at radius 3 is 2.32 bits per heavy atom. The van der Waals surface area contributed by atoms with Crippen molar-refractivity contribution >= 4 is 41.4 Å². The van der Waals surface area contributed by atoms with Crippen LogP contribution < -0.4 is 5.32 Å². The largest absolute Gasteiger partial charge is 0.481 e. The molecule has 3 fully saturated rings. The van der Waals surface area contributed by atoms with Crippen LogP contribution in [-0.2, 0) is 43.0 Å². The fourth-order valence-electron chi connectivity index (χ4n) is 8.83. The molecule has 242 valence electrons. The quantitative estimate of drug-likeness (QED) is 0.273. The summed E-state index contributed by atoms with van der Waals surface area (Å²) >= 11 is 0. The van der Waals surface area contributed by atoms with Crippen molar-refractivity contribution in [3.8, 4) is 0 Å². The number of ether oxygens (including phenoxy) is 2. The molecule has 0 aromatic heterocycles. The molecule has 4 aliphatic rings. The minimum absolute atomic E-state index is 0.0581. The lowest BCUT2D eigenvalue weighted by molar-refractivity contribution is -0.191. The molecule has 3 N–H and O–H groups in total. The molecule has 0 bridgehead atoms. The van der Waals surface area contributed by atoms with Crippen LogP contribution in [0.25, 0.3) is 0 Å². The lowest BCUT2D eigenvalue weighted by Gasteiger charge is -2.59. The van der Waals surface area contributed by atoms with Crippen molar-refractivity contribution in [2.24, 2.45) is 28.6 Å². The monoisotopic (exact) mass is 617 g/mol. The van der Waals surface area contributed by atoms with E-state index in [1.54, 1.807) is 0 Å². The SMILES string of the molecule is CC(=O)O[C@]1(C(=O)COC(=O)CCC(=O)N[C@H](CCC(=O)O)C(=O)O)CC[C@@H]2[C@H]3CCC4=CC(=O)CC[C@]4(C)[C@@H]3CC[C@@]21C. The van der Waals surface area contributed by atoms with Crippen molar-refractivity contribution in [1.82, 2.24) is 5.32 Å². The highest BCUT2D eigenvalue weighted by Gasteiger charge is 2.68. The molecular formula is C32H43NO11. The van der Waals surface area contributed by atoms with Crippen molar-refractivity contribution in [2.45, 2.75) is 109 Å². The Balaban J connectivity index is 1.40. The zero-order chi connectivity index (χ0) is 32.4. The predicted molar refractivity (Wildman–Crippen MR) is 153 cm³/mol. The molecule has 44 heavy (non-hydrogen) atoms. The number of fused-ring (bicyclic) bond motifs is 5. The normalized spacial score (nSPS) is 33.0. The van der Waals surface area contributed by atoms with Crippen LogP contribution >= 0.6 is 0 Å². The second-order valence-electron chi connectivity index (χ2n) is 13.4. The number of aliphatic carboxylic acids is 2. The Morgan fingerprint density at radius 2 is 1.66 bits per heavy atom. The van der Waals surface area contributed by atoms with Gasteiger partial charge in [-0.15, -0.1) is 0 Å². The summed E-state index contributed by atoms with van der Waals surface area (Å²) in [4.78, 5) is 85.1.